The number of nitrogens with zero attached hydrogens (tertiary/aromatic N) is 3. The van der Waals surface area contributed by atoms with E-state index in [0.717, 1.165) is 4.47 Å². The highest BCUT2D eigenvalue weighted by Gasteiger charge is 2.40. The van der Waals surface area contributed by atoms with Gasteiger partial charge in [0.15, 0.2) is 0 Å². The van der Waals surface area contributed by atoms with Crippen LogP contribution in [0.1, 0.15) is 20.7 Å². The molecule has 26 heavy (non-hydrogen) atoms. The molecule has 0 radical (unpaired) electrons. The van der Waals surface area contributed by atoms with Gasteiger partial charge in [-0.05, 0) is 30.3 Å². The molecule has 2 aliphatic rings. The second-order valence-corrected chi connectivity index (χ2v) is 7.10. The Hall–Kier alpha value is -2.74. The molecule has 2 aliphatic heterocycles. The van der Waals surface area contributed by atoms with Crippen LogP contribution in [0.5, 0.6) is 0 Å². The zero-order valence-corrected chi connectivity index (χ0v) is 15.3. The van der Waals surface area contributed by atoms with Gasteiger partial charge >= 0.3 is 0 Å². The predicted octanol–water partition coefficient (Wildman–Crippen LogP) is 1.76. The first-order valence-corrected chi connectivity index (χ1v) is 8.94. The highest BCUT2D eigenvalue weighted by Crippen LogP contribution is 2.28. The summed E-state index contributed by atoms with van der Waals surface area (Å²) in [5.74, 6) is -0.691. The number of anilines is 1. The quantitative estimate of drug-likeness (QED) is 0.770. The largest absolute Gasteiger partial charge is 0.334 e. The second kappa shape index (κ2) is 6.53. The number of nitrogens with one attached hydrogen (secondary N) is 1. The third-order valence-electron chi connectivity index (χ3n) is 4.61. The van der Waals surface area contributed by atoms with E-state index < -0.39 is 6.04 Å². The SMILES string of the molecule is O=C1Nc2ccc(Br)cc2C(=O)N2CCN(C(=O)c3cccnc3)CC12. The summed E-state index contributed by atoms with van der Waals surface area (Å²) in [6, 6.07) is 7.84. The minimum Gasteiger partial charge on any atom is -0.334 e. The van der Waals surface area contributed by atoms with Gasteiger partial charge < -0.3 is 15.1 Å². The Morgan fingerprint density at radius 1 is 1.23 bits per heavy atom. The van der Waals surface area contributed by atoms with Crippen molar-refractivity contribution < 1.29 is 14.4 Å². The molecular formula is C18H15BrN4O3. The van der Waals surface area contributed by atoms with Crippen molar-refractivity contribution >= 4 is 39.3 Å². The number of pyridine rings is 1. The van der Waals surface area contributed by atoms with E-state index in [9.17, 15) is 14.4 Å². The van der Waals surface area contributed by atoms with E-state index in [4.69, 9.17) is 0 Å². The first kappa shape index (κ1) is 16.7. The van der Waals surface area contributed by atoms with Crippen LogP contribution >= 0.6 is 15.9 Å². The van der Waals surface area contributed by atoms with Gasteiger partial charge in [0.25, 0.3) is 11.8 Å². The Balaban J connectivity index is 1.61. The van der Waals surface area contributed by atoms with Crippen molar-refractivity contribution in [2.45, 2.75) is 6.04 Å². The van der Waals surface area contributed by atoms with E-state index in [0.29, 0.717) is 29.9 Å². The molecule has 0 aliphatic carbocycles. The molecular weight excluding hydrogens is 400 g/mol. The normalized spacial score (nSPS) is 19.3. The van der Waals surface area contributed by atoms with Crippen LogP contribution in [0, 0.1) is 0 Å². The van der Waals surface area contributed by atoms with Gasteiger partial charge in [-0.2, -0.15) is 0 Å². The minimum absolute atomic E-state index is 0.153. The molecule has 2 aromatic rings. The average Bonchev–Trinajstić information content (AvgIpc) is 2.77. The molecule has 1 N–H and O–H groups in total. The fourth-order valence-electron chi connectivity index (χ4n) is 3.28. The number of amides is 3. The molecule has 8 heteroatoms. The Morgan fingerprint density at radius 3 is 2.85 bits per heavy atom. The summed E-state index contributed by atoms with van der Waals surface area (Å²) >= 11 is 3.36. The number of piperazine rings is 1. The number of aromatic nitrogens is 1. The second-order valence-electron chi connectivity index (χ2n) is 6.19. The summed E-state index contributed by atoms with van der Waals surface area (Å²) in [5, 5.41) is 2.81. The van der Waals surface area contributed by atoms with Crippen molar-refractivity contribution in [3.05, 3.63) is 58.3 Å². The number of halogens is 1. The molecule has 1 aromatic heterocycles. The average molecular weight is 415 g/mol. The van der Waals surface area contributed by atoms with Gasteiger partial charge in [0, 0.05) is 30.0 Å². The first-order chi connectivity index (χ1) is 12.5. The van der Waals surface area contributed by atoms with Crippen molar-refractivity contribution in [3.8, 4) is 0 Å². The smallest absolute Gasteiger partial charge is 0.256 e. The molecule has 7 nitrogen and oxygen atoms in total. The molecule has 1 aromatic carbocycles. The molecule has 0 spiro atoms. The number of hydrogen-bond acceptors (Lipinski definition) is 4. The summed E-state index contributed by atoms with van der Waals surface area (Å²) in [5.41, 5.74) is 1.40. The van der Waals surface area contributed by atoms with E-state index in [1.54, 1.807) is 46.3 Å². The Kier molecular flexibility index (Phi) is 4.20. The van der Waals surface area contributed by atoms with Gasteiger partial charge in [-0.15, -0.1) is 0 Å². The van der Waals surface area contributed by atoms with E-state index in [1.807, 2.05) is 0 Å². The van der Waals surface area contributed by atoms with Crippen LogP contribution in [0.15, 0.2) is 47.2 Å². The number of carbonyl (C=O) groups excluding carboxylic acids is 3. The zero-order valence-electron chi connectivity index (χ0n) is 13.7. The lowest BCUT2D eigenvalue weighted by Gasteiger charge is -2.39. The maximum atomic E-state index is 12.9. The third-order valence-corrected chi connectivity index (χ3v) is 5.10. The van der Waals surface area contributed by atoms with Gasteiger partial charge in [0.05, 0.1) is 23.4 Å². The maximum Gasteiger partial charge on any atom is 0.256 e. The van der Waals surface area contributed by atoms with E-state index in [2.05, 4.69) is 26.2 Å². The molecule has 0 bridgehead atoms. The standard InChI is InChI=1S/C18H15BrN4O3/c19-12-3-4-14-13(8-12)18(26)23-7-6-22(10-15(23)16(24)21-14)17(25)11-2-1-5-20-9-11/h1-5,8-9,15H,6-7,10H2,(H,21,24). The Bertz CT molecular complexity index is 903. The summed E-state index contributed by atoms with van der Waals surface area (Å²) in [7, 11) is 0. The molecule has 1 unspecified atom stereocenters. The van der Waals surface area contributed by atoms with Crippen molar-refractivity contribution in [3.63, 3.8) is 0 Å². The number of rotatable bonds is 1. The maximum absolute atomic E-state index is 12.9. The van der Waals surface area contributed by atoms with Gasteiger partial charge in [0.2, 0.25) is 5.91 Å². The zero-order chi connectivity index (χ0) is 18.3. The molecule has 1 saturated heterocycles. The first-order valence-electron chi connectivity index (χ1n) is 8.15. The van der Waals surface area contributed by atoms with Crippen LogP contribution in [0.25, 0.3) is 0 Å². The number of carbonyl (C=O) groups is 3. The summed E-state index contributed by atoms with van der Waals surface area (Å²) in [6.45, 7) is 0.821. The minimum atomic E-state index is -0.719. The van der Waals surface area contributed by atoms with Gasteiger partial charge in [-0.25, -0.2) is 0 Å². The van der Waals surface area contributed by atoms with E-state index in [-0.39, 0.29) is 24.3 Å². The lowest BCUT2D eigenvalue weighted by Crippen LogP contribution is -2.59. The number of fused-ring (bicyclic) bond motifs is 2. The van der Waals surface area contributed by atoms with Crippen LogP contribution in [0.2, 0.25) is 0 Å². The summed E-state index contributed by atoms with van der Waals surface area (Å²) in [4.78, 5) is 45.4. The molecule has 3 heterocycles. The van der Waals surface area contributed by atoms with Gasteiger partial charge in [0.1, 0.15) is 6.04 Å². The van der Waals surface area contributed by atoms with Crippen molar-refractivity contribution in [1.82, 2.24) is 14.8 Å². The van der Waals surface area contributed by atoms with Crippen LogP contribution in [0.4, 0.5) is 5.69 Å². The molecule has 1 atom stereocenters. The van der Waals surface area contributed by atoms with Crippen LogP contribution in [-0.4, -0.2) is 58.2 Å². The third kappa shape index (κ3) is 2.86. The van der Waals surface area contributed by atoms with E-state index >= 15 is 0 Å². The Labute approximate surface area is 158 Å². The van der Waals surface area contributed by atoms with Crippen LogP contribution in [0.3, 0.4) is 0 Å². The van der Waals surface area contributed by atoms with Crippen molar-refractivity contribution in [1.29, 1.82) is 0 Å². The molecule has 132 valence electrons. The summed E-state index contributed by atoms with van der Waals surface area (Å²) in [6.07, 6.45) is 3.10. The number of hydrogen-bond donors (Lipinski definition) is 1. The van der Waals surface area contributed by atoms with Gasteiger partial charge in [-0.3, -0.25) is 19.4 Å². The van der Waals surface area contributed by atoms with Crippen molar-refractivity contribution in [2.75, 3.05) is 25.0 Å². The highest BCUT2D eigenvalue weighted by atomic mass is 79.9. The molecule has 1 fully saturated rings. The lowest BCUT2D eigenvalue weighted by atomic mass is 10.1. The molecule has 4 rings (SSSR count). The van der Waals surface area contributed by atoms with E-state index in [1.165, 1.54) is 6.20 Å². The monoisotopic (exact) mass is 414 g/mol. The molecule has 0 saturated carbocycles. The number of benzene rings is 1. The Morgan fingerprint density at radius 2 is 2.08 bits per heavy atom. The predicted molar refractivity (Wildman–Crippen MR) is 97.7 cm³/mol. The lowest BCUT2D eigenvalue weighted by molar-refractivity contribution is -0.121. The fourth-order valence-corrected chi connectivity index (χ4v) is 3.64. The summed E-state index contributed by atoms with van der Waals surface area (Å²) < 4.78 is 0.766. The van der Waals surface area contributed by atoms with Gasteiger partial charge in [-0.1, -0.05) is 15.9 Å². The van der Waals surface area contributed by atoms with Crippen LogP contribution in [-0.2, 0) is 4.79 Å². The molecule has 3 amide bonds. The topological polar surface area (TPSA) is 82.6 Å². The fraction of sp³-hybridized carbons (Fsp3) is 0.222. The van der Waals surface area contributed by atoms with Crippen LogP contribution < -0.4 is 5.32 Å². The van der Waals surface area contributed by atoms with Crippen molar-refractivity contribution in [2.24, 2.45) is 0 Å². The highest BCUT2D eigenvalue weighted by molar-refractivity contribution is 9.10.